The van der Waals surface area contributed by atoms with Crippen molar-refractivity contribution in [1.82, 2.24) is 5.32 Å². The van der Waals surface area contributed by atoms with Gasteiger partial charge in [0.25, 0.3) is 0 Å². The Labute approximate surface area is 124 Å². The average molecular weight is 313 g/mol. The monoisotopic (exact) mass is 313 g/mol. The summed E-state index contributed by atoms with van der Waals surface area (Å²) < 4.78 is 25.1. The number of aromatic carboxylic acids is 1. The topological polar surface area (TPSA) is 101 Å². The number of carboxylic acids is 1. The van der Waals surface area contributed by atoms with Gasteiger partial charge in [-0.05, 0) is 51.0 Å². The molecule has 21 heavy (non-hydrogen) atoms. The number of hydrogen-bond acceptors (Lipinski definition) is 4. The van der Waals surface area contributed by atoms with E-state index in [0.29, 0.717) is 17.7 Å². The van der Waals surface area contributed by atoms with Crippen LogP contribution in [0.25, 0.3) is 0 Å². The zero-order chi connectivity index (χ0) is 16.4. The van der Waals surface area contributed by atoms with Crippen LogP contribution in [0.5, 0.6) is 0 Å². The minimum Gasteiger partial charge on any atom is -0.478 e. The Hall–Kier alpha value is -1.89. The number of carbonyl (C=O) groups excluding carboxylic acids is 1. The van der Waals surface area contributed by atoms with Crippen LogP contribution in [-0.4, -0.2) is 37.2 Å². The first-order valence-corrected chi connectivity index (χ1v) is 8.03. The van der Waals surface area contributed by atoms with Crippen molar-refractivity contribution in [3.63, 3.8) is 0 Å². The van der Waals surface area contributed by atoms with E-state index in [1.165, 1.54) is 13.0 Å². The number of aryl methyl sites for hydroxylation is 1. The van der Waals surface area contributed by atoms with Crippen LogP contribution in [0.3, 0.4) is 0 Å². The number of benzene rings is 1. The fraction of sp³-hybridized carbons (Fsp3) is 0.429. The van der Waals surface area contributed by atoms with Crippen molar-refractivity contribution in [1.29, 1.82) is 0 Å². The van der Waals surface area contributed by atoms with E-state index in [-0.39, 0.29) is 10.5 Å². The summed E-state index contributed by atoms with van der Waals surface area (Å²) in [5.41, 5.74) is 0.896. The molecule has 0 aromatic heterocycles. The van der Waals surface area contributed by atoms with Gasteiger partial charge < -0.3 is 10.4 Å². The number of amides is 1. The Kier molecular flexibility index (Phi) is 5.11. The first kappa shape index (κ1) is 17.2. The van der Waals surface area contributed by atoms with E-state index < -0.39 is 27.0 Å². The molecule has 1 atom stereocenters. The second-order valence-corrected chi connectivity index (χ2v) is 7.04. The molecule has 2 N–H and O–H groups in total. The molecule has 1 aromatic rings. The maximum absolute atomic E-state index is 12.5. The number of carboxylic acid groups (broad SMARTS) is 1. The van der Waals surface area contributed by atoms with E-state index in [9.17, 15) is 18.0 Å². The highest BCUT2D eigenvalue weighted by molar-refractivity contribution is 7.92. The molecule has 0 spiro atoms. The summed E-state index contributed by atoms with van der Waals surface area (Å²) in [6.07, 6.45) is 0. The molecule has 1 aromatic carbocycles. The molecule has 0 aliphatic carbocycles. The van der Waals surface area contributed by atoms with Gasteiger partial charge in [0.2, 0.25) is 5.91 Å². The molecular formula is C14H19NO5S. The summed E-state index contributed by atoms with van der Waals surface area (Å²) >= 11 is 0. The van der Waals surface area contributed by atoms with E-state index in [2.05, 4.69) is 5.32 Å². The van der Waals surface area contributed by atoms with Crippen molar-refractivity contribution in [2.75, 3.05) is 6.54 Å². The zero-order valence-electron chi connectivity index (χ0n) is 12.4. The Balaban J connectivity index is 3.44. The molecule has 1 unspecified atom stereocenters. The number of carbonyl (C=O) groups is 2. The van der Waals surface area contributed by atoms with E-state index in [0.717, 1.165) is 6.07 Å². The Morgan fingerprint density at radius 3 is 2.33 bits per heavy atom. The summed E-state index contributed by atoms with van der Waals surface area (Å²) in [5.74, 6) is -1.81. The van der Waals surface area contributed by atoms with Gasteiger partial charge >= 0.3 is 5.97 Å². The smallest absolute Gasteiger partial charge is 0.335 e. The van der Waals surface area contributed by atoms with Crippen molar-refractivity contribution in [3.8, 4) is 0 Å². The number of hydrogen-bond donors (Lipinski definition) is 2. The van der Waals surface area contributed by atoms with Crippen LogP contribution in [-0.2, 0) is 14.6 Å². The van der Waals surface area contributed by atoms with E-state index >= 15 is 0 Å². The van der Waals surface area contributed by atoms with Crippen LogP contribution in [0, 0.1) is 13.8 Å². The molecule has 1 rings (SSSR count). The second-order valence-electron chi connectivity index (χ2n) is 4.80. The van der Waals surface area contributed by atoms with Crippen molar-refractivity contribution in [2.45, 2.75) is 37.8 Å². The van der Waals surface area contributed by atoms with E-state index in [1.807, 2.05) is 0 Å². The highest BCUT2D eigenvalue weighted by atomic mass is 32.2. The predicted octanol–water partition coefficient (Wildman–Crippen LogP) is 1.30. The van der Waals surface area contributed by atoms with Gasteiger partial charge in [0.15, 0.2) is 9.84 Å². The first-order chi connectivity index (χ1) is 9.62. The molecule has 0 aliphatic rings. The third-order valence-corrected chi connectivity index (χ3v) is 5.54. The molecule has 0 aliphatic heterocycles. The molecule has 0 heterocycles. The molecule has 7 heteroatoms. The minimum absolute atomic E-state index is 0.111. The van der Waals surface area contributed by atoms with Crippen LogP contribution in [0.15, 0.2) is 17.0 Å². The number of nitrogens with one attached hydrogen (secondary N) is 1. The number of rotatable bonds is 5. The van der Waals surface area contributed by atoms with E-state index in [4.69, 9.17) is 5.11 Å². The highest BCUT2D eigenvalue weighted by Gasteiger charge is 2.31. The fourth-order valence-corrected chi connectivity index (χ4v) is 3.52. The molecule has 0 saturated heterocycles. The van der Waals surface area contributed by atoms with Crippen LogP contribution < -0.4 is 5.32 Å². The summed E-state index contributed by atoms with van der Waals surface area (Å²) in [6.45, 7) is 6.54. The Morgan fingerprint density at radius 1 is 1.29 bits per heavy atom. The van der Waals surface area contributed by atoms with Crippen molar-refractivity contribution in [2.24, 2.45) is 0 Å². The molecular weight excluding hydrogens is 294 g/mol. The van der Waals surface area contributed by atoms with Crippen LogP contribution in [0.4, 0.5) is 0 Å². The molecule has 1 amide bonds. The molecule has 6 nitrogen and oxygen atoms in total. The average Bonchev–Trinajstić information content (AvgIpc) is 2.40. The Morgan fingerprint density at radius 2 is 1.86 bits per heavy atom. The lowest BCUT2D eigenvalue weighted by molar-refractivity contribution is -0.120. The highest BCUT2D eigenvalue weighted by Crippen LogP contribution is 2.25. The van der Waals surface area contributed by atoms with Crippen LogP contribution in [0.2, 0.25) is 0 Å². The van der Waals surface area contributed by atoms with Gasteiger partial charge in [-0.15, -0.1) is 0 Å². The molecule has 0 bridgehead atoms. The van der Waals surface area contributed by atoms with Gasteiger partial charge in [0, 0.05) is 6.54 Å². The Bertz CT molecular complexity index is 679. The van der Waals surface area contributed by atoms with Gasteiger partial charge in [-0.1, -0.05) is 0 Å². The molecule has 0 radical (unpaired) electrons. The van der Waals surface area contributed by atoms with Gasteiger partial charge in [-0.2, -0.15) is 0 Å². The molecule has 116 valence electrons. The molecule has 0 fully saturated rings. The minimum atomic E-state index is -3.94. The SMILES string of the molecule is CCNC(=O)C(C)S(=O)(=O)c1cc(C(=O)O)cc(C)c1C. The van der Waals surface area contributed by atoms with Crippen molar-refractivity contribution < 1.29 is 23.1 Å². The predicted molar refractivity (Wildman–Crippen MR) is 78.2 cm³/mol. The summed E-state index contributed by atoms with van der Waals surface area (Å²) in [6, 6.07) is 2.52. The lowest BCUT2D eigenvalue weighted by atomic mass is 10.1. The largest absolute Gasteiger partial charge is 0.478 e. The maximum atomic E-state index is 12.5. The summed E-state index contributed by atoms with van der Waals surface area (Å²) in [7, 11) is -3.94. The van der Waals surface area contributed by atoms with Crippen LogP contribution >= 0.6 is 0 Å². The third kappa shape index (κ3) is 3.41. The van der Waals surface area contributed by atoms with Crippen molar-refractivity contribution >= 4 is 21.7 Å². The maximum Gasteiger partial charge on any atom is 0.335 e. The lowest BCUT2D eigenvalue weighted by Crippen LogP contribution is -2.38. The summed E-state index contributed by atoms with van der Waals surface area (Å²) in [4.78, 5) is 22.7. The standard InChI is InChI=1S/C14H19NO5S/c1-5-15-13(16)10(4)21(19,20)12-7-11(14(17)18)6-8(2)9(12)3/h6-7,10H,5H2,1-4H3,(H,15,16)(H,17,18). The summed E-state index contributed by atoms with van der Waals surface area (Å²) in [5, 5.41) is 10.2. The molecule has 0 saturated carbocycles. The lowest BCUT2D eigenvalue weighted by Gasteiger charge is -2.16. The first-order valence-electron chi connectivity index (χ1n) is 6.49. The third-order valence-electron chi connectivity index (χ3n) is 3.36. The number of sulfone groups is 1. The van der Waals surface area contributed by atoms with Gasteiger partial charge in [-0.25, -0.2) is 13.2 Å². The van der Waals surface area contributed by atoms with Crippen molar-refractivity contribution in [3.05, 3.63) is 28.8 Å². The normalized spacial score (nSPS) is 12.8. The quantitative estimate of drug-likeness (QED) is 0.853. The van der Waals surface area contributed by atoms with Gasteiger partial charge in [0.1, 0.15) is 5.25 Å². The van der Waals surface area contributed by atoms with Gasteiger partial charge in [0.05, 0.1) is 10.5 Å². The zero-order valence-corrected chi connectivity index (χ0v) is 13.2. The van der Waals surface area contributed by atoms with Gasteiger partial charge in [-0.3, -0.25) is 4.79 Å². The fourth-order valence-electron chi connectivity index (χ4n) is 1.90. The second kappa shape index (κ2) is 6.26. The van der Waals surface area contributed by atoms with E-state index in [1.54, 1.807) is 20.8 Å². The van der Waals surface area contributed by atoms with Crippen LogP contribution in [0.1, 0.15) is 35.3 Å².